The van der Waals surface area contributed by atoms with Gasteiger partial charge >= 0.3 is 0 Å². The van der Waals surface area contributed by atoms with Gasteiger partial charge in [0.1, 0.15) is 0 Å². The lowest BCUT2D eigenvalue weighted by atomic mass is 10.0. The van der Waals surface area contributed by atoms with Crippen molar-refractivity contribution in [2.24, 2.45) is 0 Å². The van der Waals surface area contributed by atoms with Crippen LogP contribution in [0.4, 0.5) is 0 Å². The second-order valence-electron chi connectivity index (χ2n) is 3.92. The molecular formula is C10H22N2O2. The Kier molecular flexibility index (Phi) is 5.72. The summed E-state index contributed by atoms with van der Waals surface area (Å²) in [6.07, 6.45) is 0.741. The van der Waals surface area contributed by atoms with Gasteiger partial charge in [0, 0.05) is 0 Å². The molecule has 4 nitrogen and oxygen atoms in total. The van der Waals surface area contributed by atoms with E-state index in [2.05, 4.69) is 10.6 Å². The van der Waals surface area contributed by atoms with Gasteiger partial charge in [-0.2, -0.15) is 0 Å². The lowest BCUT2D eigenvalue weighted by Gasteiger charge is -2.26. The quantitative estimate of drug-likeness (QED) is 0.579. The first kappa shape index (κ1) is 13.4. The van der Waals surface area contributed by atoms with Crippen molar-refractivity contribution in [2.75, 3.05) is 13.2 Å². The number of carbonyl (C=O) groups is 1. The molecule has 0 bridgehead atoms. The van der Waals surface area contributed by atoms with Crippen molar-refractivity contribution in [1.82, 2.24) is 10.6 Å². The summed E-state index contributed by atoms with van der Waals surface area (Å²) in [5.41, 5.74) is -0.572. The summed E-state index contributed by atoms with van der Waals surface area (Å²) in [7, 11) is 0. The number of aliphatic hydroxyl groups is 1. The molecule has 0 heterocycles. The highest BCUT2D eigenvalue weighted by atomic mass is 16.3. The average Bonchev–Trinajstić information content (AvgIpc) is 2.13. The second-order valence-corrected chi connectivity index (χ2v) is 3.92. The molecule has 0 rings (SSSR count). The minimum atomic E-state index is -0.572. The molecule has 0 aromatic carbocycles. The number of rotatable bonds is 6. The van der Waals surface area contributed by atoms with E-state index < -0.39 is 5.54 Å². The van der Waals surface area contributed by atoms with E-state index in [0.717, 1.165) is 13.0 Å². The Morgan fingerprint density at radius 1 is 1.43 bits per heavy atom. The van der Waals surface area contributed by atoms with E-state index in [-0.39, 0.29) is 18.6 Å². The van der Waals surface area contributed by atoms with Crippen molar-refractivity contribution in [3.63, 3.8) is 0 Å². The molecule has 3 N–H and O–H groups in total. The minimum Gasteiger partial charge on any atom is -0.394 e. The Morgan fingerprint density at radius 3 is 2.36 bits per heavy atom. The maximum atomic E-state index is 11.7. The largest absolute Gasteiger partial charge is 0.394 e. The van der Waals surface area contributed by atoms with E-state index in [0.29, 0.717) is 0 Å². The van der Waals surface area contributed by atoms with Crippen molar-refractivity contribution < 1.29 is 9.90 Å². The number of likely N-dealkylation sites (N-methyl/N-ethyl adjacent to an activating group) is 1. The summed E-state index contributed by atoms with van der Waals surface area (Å²) in [6, 6.07) is -0.138. The normalized spacial score (nSPS) is 13.8. The van der Waals surface area contributed by atoms with Gasteiger partial charge in [-0.25, -0.2) is 0 Å². The predicted octanol–water partition coefficient (Wildman–Crippen LogP) is 0.262. The summed E-state index contributed by atoms with van der Waals surface area (Å²) < 4.78 is 0. The van der Waals surface area contributed by atoms with Crippen LogP contribution in [0.25, 0.3) is 0 Å². The van der Waals surface area contributed by atoms with Gasteiger partial charge in [-0.3, -0.25) is 4.79 Å². The molecule has 0 spiro atoms. The van der Waals surface area contributed by atoms with E-state index in [1.165, 1.54) is 0 Å². The molecule has 0 saturated heterocycles. The lowest BCUT2D eigenvalue weighted by molar-refractivity contribution is -0.127. The predicted molar refractivity (Wildman–Crippen MR) is 57.1 cm³/mol. The number of hydrogen-bond donors (Lipinski definition) is 3. The summed E-state index contributed by atoms with van der Waals surface area (Å²) in [4.78, 5) is 11.7. The third kappa shape index (κ3) is 4.07. The minimum absolute atomic E-state index is 0.00948. The summed E-state index contributed by atoms with van der Waals surface area (Å²) >= 11 is 0. The average molecular weight is 202 g/mol. The summed E-state index contributed by atoms with van der Waals surface area (Å²) in [6.45, 7) is 8.28. The molecule has 84 valence electrons. The van der Waals surface area contributed by atoms with Gasteiger partial charge in [-0.1, -0.05) is 13.8 Å². The Labute approximate surface area is 86.1 Å². The van der Waals surface area contributed by atoms with Crippen LogP contribution in [0.3, 0.4) is 0 Å². The highest BCUT2D eigenvalue weighted by Crippen LogP contribution is 2.03. The zero-order valence-corrected chi connectivity index (χ0v) is 9.55. The van der Waals surface area contributed by atoms with Crippen molar-refractivity contribution in [3.05, 3.63) is 0 Å². The molecule has 1 amide bonds. The van der Waals surface area contributed by atoms with Crippen molar-refractivity contribution in [3.8, 4) is 0 Å². The van der Waals surface area contributed by atoms with Crippen LogP contribution < -0.4 is 10.6 Å². The third-order valence-electron chi connectivity index (χ3n) is 2.23. The topological polar surface area (TPSA) is 61.4 Å². The molecule has 0 aliphatic rings. The Bertz CT molecular complexity index is 177. The maximum absolute atomic E-state index is 11.7. The van der Waals surface area contributed by atoms with E-state index in [9.17, 15) is 4.79 Å². The van der Waals surface area contributed by atoms with Gasteiger partial charge in [0.05, 0.1) is 18.2 Å². The molecule has 0 aromatic rings. The van der Waals surface area contributed by atoms with Crippen LogP contribution in [-0.2, 0) is 4.79 Å². The van der Waals surface area contributed by atoms with Crippen LogP contribution in [0.5, 0.6) is 0 Å². The van der Waals surface area contributed by atoms with E-state index in [4.69, 9.17) is 5.11 Å². The number of nitrogens with one attached hydrogen (secondary N) is 2. The zero-order valence-electron chi connectivity index (χ0n) is 9.55. The van der Waals surface area contributed by atoms with Crippen molar-refractivity contribution >= 4 is 5.91 Å². The van der Waals surface area contributed by atoms with Gasteiger partial charge in [-0.15, -0.1) is 0 Å². The highest BCUT2D eigenvalue weighted by molar-refractivity contribution is 5.85. The molecule has 4 heteroatoms. The second kappa shape index (κ2) is 5.98. The summed E-state index contributed by atoms with van der Waals surface area (Å²) in [5, 5.41) is 14.8. The fraction of sp³-hybridized carbons (Fsp3) is 0.900. The molecular weight excluding hydrogens is 180 g/mol. The number of aliphatic hydroxyl groups excluding tert-OH is 1. The lowest BCUT2D eigenvalue weighted by Crippen LogP contribution is -2.55. The monoisotopic (exact) mass is 202 g/mol. The smallest absolute Gasteiger partial charge is 0.240 e. The van der Waals surface area contributed by atoms with Gasteiger partial charge in [0.15, 0.2) is 0 Å². The van der Waals surface area contributed by atoms with E-state index in [1.807, 2.05) is 27.7 Å². The summed E-state index contributed by atoms with van der Waals surface area (Å²) in [5.74, 6) is -0.0692. The first-order chi connectivity index (χ1) is 6.47. The fourth-order valence-electron chi connectivity index (χ4n) is 1.16. The SMILES string of the molecule is CCNC(C)(C)C(=O)NC(CC)CO. The Hall–Kier alpha value is -0.610. The zero-order chi connectivity index (χ0) is 11.2. The van der Waals surface area contributed by atoms with Crippen LogP contribution in [0, 0.1) is 0 Å². The molecule has 0 aliphatic carbocycles. The maximum Gasteiger partial charge on any atom is 0.240 e. The Balaban J connectivity index is 4.17. The van der Waals surface area contributed by atoms with Crippen molar-refractivity contribution in [2.45, 2.75) is 45.7 Å². The molecule has 0 saturated carbocycles. The number of hydrogen-bond acceptors (Lipinski definition) is 3. The molecule has 14 heavy (non-hydrogen) atoms. The molecule has 1 atom stereocenters. The molecule has 1 unspecified atom stereocenters. The Morgan fingerprint density at radius 2 is 2.00 bits per heavy atom. The first-order valence-corrected chi connectivity index (χ1v) is 5.14. The van der Waals surface area contributed by atoms with Gasteiger partial charge < -0.3 is 15.7 Å². The van der Waals surface area contributed by atoms with Gasteiger partial charge in [0.25, 0.3) is 0 Å². The standard InChI is InChI=1S/C10H22N2O2/c1-5-8(7-13)12-9(14)10(3,4)11-6-2/h8,11,13H,5-7H2,1-4H3,(H,12,14). The van der Waals surface area contributed by atoms with Crippen LogP contribution in [-0.4, -0.2) is 35.7 Å². The fourth-order valence-corrected chi connectivity index (χ4v) is 1.16. The molecule has 0 aliphatic heterocycles. The van der Waals surface area contributed by atoms with Gasteiger partial charge in [0.2, 0.25) is 5.91 Å². The van der Waals surface area contributed by atoms with Crippen LogP contribution in [0.2, 0.25) is 0 Å². The van der Waals surface area contributed by atoms with Crippen LogP contribution >= 0.6 is 0 Å². The van der Waals surface area contributed by atoms with Crippen molar-refractivity contribution in [1.29, 1.82) is 0 Å². The number of carbonyl (C=O) groups excluding carboxylic acids is 1. The van der Waals surface area contributed by atoms with Crippen LogP contribution in [0.15, 0.2) is 0 Å². The van der Waals surface area contributed by atoms with E-state index in [1.54, 1.807) is 0 Å². The van der Waals surface area contributed by atoms with Crippen LogP contribution in [0.1, 0.15) is 34.1 Å². The number of amides is 1. The molecule has 0 fully saturated rings. The third-order valence-corrected chi connectivity index (χ3v) is 2.23. The molecule has 0 radical (unpaired) electrons. The van der Waals surface area contributed by atoms with E-state index >= 15 is 0 Å². The van der Waals surface area contributed by atoms with Gasteiger partial charge in [-0.05, 0) is 26.8 Å². The first-order valence-electron chi connectivity index (χ1n) is 5.14. The molecule has 0 aromatic heterocycles. The highest BCUT2D eigenvalue weighted by Gasteiger charge is 2.27.